The minimum absolute atomic E-state index is 0.0214. The number of halogens is 2. The van der Waals surface area contributed by atoms with Gasteiger partial charge in [0.05, 0.1) is 24.2 Å². The van der Waals surface area contributed by atoms with E-state index in [2.05, 4.69) is 24.0 Å². The van der Waals surface area contributed by atoms with Crippen molar-refractivity contribution in [3.8, 4) is 5.69 Å². The van der Waals surface area contributed by atoms with Crippen molar-refractivity contribution in [1.82, 2.24) is 14.8 Å². The van der Waals surface area contributed by atoms with Gasteiger partial charge in [0.1, 0.15) is 11.3 Å². The summed E-state index contributed by atoms with van der Waals surface area (Å²) < 4.78 is 38.2. The van der Waals surface area contributed by atoms with Gasteiger partial charge >= 0.3 is 5.97 Å². The van der Waals surface area contributed by atoms with Crippen LogP contribution in [0, 0.1) is 24.5 Å². The standard InChI is InChI=1S/C28H31F2N3O3/c1-15-11-19(9-10-20(15)29)33-21-12-18-13-31-32-25(18)24(30)23(21)22(26(33)28(2,3)14-36-4)16-5-7-17(8-6-16)27(34)35/h9-13,16-17H,5-8,14H2,1-4H3,(H,31,32)(H,34,35)/t16-,17-. The lowest BCUT2D eigenvalue weighted by atomic mass is 9.74. The summed E-state index contributed by atoms with van der Waals surface area (Å²) in [6.07, 6.45) is 3.98. The summed E-state index contributed by atoms with van der Waals surface area (Å²) in [5, 5.41) is 17.5. The molecule has 4 aromatic rings. The molecule has 1 aliphatic carbocycles. The maximum Gasteiger partial charge on any atom is 0.306 e. The summed E-state index contributed by atoms with van der Waals surface area (Å²) in [4.78, 5) is 11.6. The summed E-state index contributed by atoms with van der Waals surface area (Å²) in [6.45, 7) is 6.24. The Bertz CT molecular complexity index is 1460. The Hall–Kier alpha value is -3.26. The second kappa shape index (κ2) is 9.00. The Morgan fingerprint density at radius 3 is 2.58 bits per heavy atom. The molecular formula is C28H31F2N3O3. The van der Waals surface area contributed by atoms with Crippen LogP contribution in [-0.2, 0) is 14.9 Å². The Labute approximate surface area is 208 Å². The molecule has 8 heteroatoms. The first-order valence-corrected chi connectivity index (χ1v) is 12.3. The Morgan fingerprint density at radius 1 is 1.22 bits per heavy atom. The number of fused-ring (bicyclic) bond motifs is 2. The number of aromatic amines is 1. The molecule has 36 heavy (non-hydrogen) atoms. The van der Waals surface area contributed by atoms with Crippen LogP contribution in [0.3, 0.4) is 0 Å². The van der Waals surface area contributed by atoms with Gasteiger partial charge in [-0.2, -0.15) is 5.10 Å². The maximum absolute atomic E-state index is 16.3. The molecule has 6 nitrogen and oxygen atoms in total. The van der Waals surface area contributed by atoms with Gasteiger partial charge in [0.15, 0.2) is 5.82 Å². The fourth-order valence-corrected chi connectivity index (χ4v) is 5.99. The number of nitrogens with zero attached hydrogens (tertiary/aromatic N) is 2. The molecule has 0 radical (unpaired) electrons. The molecule has 2 heterocycles. The fraction of sp³-hybridized carbons (Fsp3) is 0.429. The van der Waals surface area contributed by atoms with Crippen LogP contribution in [0.15, 0.2) is 30.5 Å². The number of aliphatic carboxylic acids is 1. The van der Waals surface area contributed by atoms with Crippen molar-refractivity contribution in [3.63, 3.8) is 0 Å². The predicted octanol–water partition coefficient (Wildman–Crippen LogP) is 6.38. The van der Waals surface area contributed by atoms with Gasteiger partial charge in [0.2, 0.25) is 0 Å². The first-order valence-electron chi connectivity index (χ1n) is 12.3. The summed E-state index contributed by atoms with van der Waals surface area (Å²) in [7, 11) is 1.64. The number of rotatable bonds is 6. The number of carbonyl (C=O) groups is 1. The van der Waals surface area contributed by atoms with E-state index in [4.69, 9.17) is 4.74 Å². The van der Waals surface area contributed by atoms with Gasteiger partial charge in [-0.3, -0.25) is 9.89 Å². The SMILES string of the molecule is COCC(C)(C)c1c([C@H]2CC[C@H](C(=O)O)CC2)c2c(F)c3[nH]ncc3cc2n1-c1ccc(F)c(C)c1. The fourth-order valence-electron chi connectivity index (χ4n) is 5.99. The largest absolute Gasteiger partial charge is 0.481 e. The minimum Gasteiger partial charge on any atom is -0.481 e. The third-order valence-corrected chi connectivity index (χ3v) is 7.68. The predicted molar refractivity (Wildman–Crippen MR) is 135 cm³/mol. The molecular weight excluding hydrogens is 464 g/mol. The van der Waals surface area contributed by atoms with E-state index in [1.807, 2.05) is 10.6 Å². The first-order chi connectivity index (χ1) is 17.1. The number of carboxylic acids is 1. The normalized spacial score (nSPS) is 18.8. The second-order valence-electron chi connectivity index (χ2n) is 10.7. The molecule has 0 saturated heterocycles. The van der Waals surface area contributed by atoms with E-state index in [0.29, 0.717) is 59.7 Å². The number of ether oxygens (including phenoxy) is 1. The molecule has 2 N–H and O–H groups in total. The van der Waals surface area contributed by atoms with Crippen LogP contribution in [-0.4, -0.2) is 39.6 Å². The zero-order valence-electron chi connectivity index (χ0n) is 21.0. The van der Waals surface area contributed by atoms with Crippen LogP contribution < -0.4 is 0 Å². The van der Waals surface area contributed by atoms with Crippen molar-refractivity contribution in [2.75, 3.05) is 13.7 Å². The second-order valence-corrected chi connectivity index (χ2v) is 10.7. The number of aryl methyl sites for hydroxylation is 1. The number of nitrogens with one attached hydrogen (secondary N) is 1. The molecule has 0 aliphatic heterocycles. The molecule has 1 saturated carbocycles. The molecule has 0 spiro atoms. The van der Waals surface area contributed by atoms with Crippen molar-refractivity contribution in [3.05, 3.63) is 58.9 Å². The molecule has 0 unspecified atom stereocenters. The number of carboxylic acid groups (broad SMARTS) is 1. The molecule has 2 aromatic heterocycles. The highest BCUT2D eigenvalue weighted by atomic mass is 19.1. The Kier molecular flexibility index (Phi) is 6.11. The average Bonchev–Trinajstić information content (AvgIpc) is 3.45. The summed E-state index contributed by atoms with van der Waals surface area (Å²) in [5.41, 5.74) is 3.53. The Balaban J connectivity index is 1.87. The van der Waals surface area contributed by atoms with Crippen LogP contribution in [0.1, 0.15) is 62.3 Å². The minimum atomic E-state index is -0.775. The number of benzene rings is 2. The quantitative estimate of drug-likeness (QED) is 0.325. The van der Waals surface area contributed by atoms with Crippen LogP contribution >= 0.6 is 0 Å². The third-order valence-electron chi connectivity index (χ3n) is 7.68. The number of hydrogen-bond acceptors (Lipinski definition) is 3. The molecule has 2 aromatic carbocycles. The van der Waals surface area contributed by atoms with Crippen LogP contribution in [0.5, 0.6) is 0 Å². The maximum atomic E-state index is 16.3. The van der Waals surface area contributed by atoms with E-state index in [0.717, 1.165) is 16.9 Å². The number of H-pyrrole nitrogens is 1. The topological polar surface area (TPSA) is 80.1 Å². The number of hydrogen-bond donors (Lipinski definition) is 2. The smallest absolute Gasteiger partial charge is 0.306 e. The van der Waals surface area contributed by atoms with Gasteiger partial charge in [-0.05, 0) is 73.9 Å². The Morgan fingerprint density at radius 2 is 1.94 bits per heavy atom. The van der Waals surface area contributed by atoms with Gasteiger partial charge < -0.3 is 14.4 Å². The van der Waals surface area contributed by atoms with Crippen LogP contribution in [0.25, 0.3) is 27.5 Å². The van der Waals surface area contributed by atoms with Gasteiger partial charge in [0.25, 0.3) is 0 Å². The number of aromatic nitrogens is 3. The van der Waals surface area contributed by atoms with Crippen molar-refractivity contribution in [2.45, 2.75) is 57.8 Å². The number of methoxy groups -OCH3 is 1. The van der Waals surface area contributed by atoms with Crippen LogP contribution in [0.4, 0.5) is 8.78 Å². The van der Waals surface area contributed by atoms with E-state index in [-0.39, 0.29) is 23.5 Å². The van der Waals surface area contributed by atoms with E-state index in [9.17, 15) is 14.3 Å². The molecule has 0 atom stereocenters. The average molecular weight is 496 g/mol. The van der Waals surface area contributed by atoms with E-state index >= 15 is 4.39 Å². The third kappa shape index (κ3) is 3.88. The lowest BCUT2D eigenvalue weighted by molar-refractivity contribution is -0.142. The summed E-state index contributed by atoms with van der Waals surface area (Å²) >= 11 is 0. The van der Waals surface area contributed by atoms with Crippen molar-refractivity contribution in [1.29, 1.82) is 0 Å². The van der Waals surface area contributed by atoms with Gasteiger partial charge in [0, 0.05) is 34.7 Å². The molecule has 1 fully saturated rings. The highest BCUT2D eigenvalue weighted by Crippen LogP contribution is 2.48. The van der Waals surface area contributed by atoms with Gasteiger partial charge in [-0.25, -0.2) is 8.78 Å². The van der Waals surface area contributed by atoms with Crippen molar-refractivity contribution >= 4 is 27.8 Å². The lowest BCUT2D eigenvalue weighted by Crippen LogP contribution is -2.29. The summed E-state index contributed by atoms with van der Waals surface area (Å²) in [5.74, 6) is -1.85. The molecule has 0 bridgehead atoms. The van der Waals surface area contributed by atoms with Crippen LogP contribution in [0.2, 0.25) is 0 Å². The molecule has 0 amide bonds. The van der Waals surface area contributed by atoms with Gasteiger partial charge in [-0.1, -0.05) is 13.8 Å². The van der Waals surface area contributed by atoms with Gasteiger partial charge in [-0.15, -0.1) is 0 Å². The molecule has 190 valence electrons. The van der Waals surface area contributed by atoms with E-state index < -0.39 is 11.4 Å². The summed E-state index contributed by atoms with van der Waals surface area (Å²) in [6, 6.07) is 6.86. The lowest BCUT2D eigenvalue weighted by Gasteiger charge is -2.32. The van der Waals surface area contributed by atoms with Crippen molar-refractivity contribution < 1.29 is 23.4 Å². The van der Waals surface area contributed by atoms with E-state index in [1.165, 1.54) is 6.07 Å². The van der Waals surface area contributed by atoms with Crippen molar-refractivity contribution in [2.24, 2.45) is 5.92 Å². The van der Waals surface area contributed by atoms with E-state index in [1.54, 1.807) is 32.4 Å². The zero-order chi connectivity index (χ0) is 25.8. The zero-order valence-corrected chi connectivity index (χ0v) is 21.0. The first kappa shape index (κ1) is 24.4. The highest BCUT2D eigenvalue weighted by Gasteiger charge is 2.38. The molecule has 5 rings (SSSR count). The highest BCUT2D eigenvalue weighted by molar-refractivity contribution is 6.00. The molecule has 1 aliphatic rings. The monoisotopic (exact) mass is 495 g/mol.